The number of morpholine rings is 1. The molecule has 0 amide bonds. The lowest BCUT2D eigenvalue weighted by Crippen LogP contribution is -2.39. The minimum absolute atomic E-state index is 0.00106. The van der Waals surface area contributed by atoms with Crippen molar-refractivity contribution in [2.45, 2.75) is 12.5 Å². The van der Waals surface area contributed by atoms with Crippen LogP contribution in [-0.2, 0) is 11.8 Å². The van der Waals surface area contributed by atoms with Crippen LogP contribution in [-0.4, -0.2) is 41.4 Å². The van der Waals surface area contributed by atoms with Crippen LogP contribution in [0, 0.1) is 0 Å². The first-order chi connectivity index (χ1) is 7.27. The number of aromatic nitrogens is 2. The van der Waals surface area contributed by atoms with Gasteiger partial charge in [0.05, 0.1) is 12.7 Å². The summed E-state index contributed by atoms with van der Waals surface area (Å²) in [6.45, 7) is 2.31. The molecule has 15 heavy (non-hydrogen) atoms. The number of hydrogen-bond acceptors (Lipinski definition) is 4. The molecule has 1 aromatic heterocycles. The normalized spacial score (nSPS) is 21.5. The summed E-state index contributed by atoms with van der Waals surface area (Å²) < 4.78 is 7.07. The molecule has 1 aromatic rings. The third-order valence-electron chi connectivity index (χ3n) is 2.52. The maximum atomic E-state index is 11.8. The maximum absolute atomic E-state index is 11.8. The van der Waals surface area contributed by atoms with Crippen LogP contribution in [0.2, 0.25) is 0 Å². The summed E-state index contributed by atoms with van der Waals surface area (Å²) in [5, 5.41) is 7.17. The number of nitrogens with zero attached hydrogens (tertiary/aromatic N) is 2. The molecule has 5 heteroatoms. The lowest BCUT2D eigenvalue weighted by molar-refractivity contribution is 0.0238. The van der Waals surface area contributed by atoms with Crippen molar-refractivity contribution >= 4 is 5.78 Å². The van der Waals surface area contributed by atoms with Crippen molar-refractivity contribution in [3.05, 3.63) is 18.0 Å². The number of ketones is 1. The summed E-state index contributed by atoms with van der Waals surface area (Å²) in [5.74, 6) is 0.0868. The predicted molar refractivity (Wildman–Crippen MR) is 54.8 cm³/mol. The van der Waals surface area contributed by atoms with Gasteiger partial charge >= 0.3 is 0 Å². The number of nitrogens with one attached hydrogen (secondary N) is 1. The minimum atomic E-state index is 0.00106. The van der Waals surface area contributed by atoms with E-state index in [1.807, 2.05) is 0 Å². The molecule has 1 aliphatic rings. The summed E-state index contributed by atoms with van der Waals surface area (Å²) in [7, 11) is 1.77. The van der Waals surface area contributed by atoms with Crippen LogP contribution in [0.3, 0.4) is 0 Å². The van der Waals surface area contributed by atoms with Gasteiger partial charge in [-0.1, -0.05) is 0 Å². The molecule has 0 spiro atoms. The molecule has 1 N–H and O–H groups in total. The summed E-state index contributed by atoms with van der Waals surface area (Å²) in [4.78, 5) is 11.8. The molecular weight excluding hydrogens is 194 g/mol. The Bertz CT molecular complexity index is 342. The van der Waals surface area contributed by atoms with Crippen LogP contribution in [0.15, 0.2) is 12.3 Å². The molecule has 1 aliphatic heterocycles. The quantitative estimate of drug-likeness (QED) is 0.711. The zero-order valence-corrected chi connectivity index (χ0v) is 8.77. The highest BCUT2D eigenvalue weighted by Crippen LogP contribution is 2.08. The van der Waals surface area contributed by atoms with E-state index in [1.54, 1.807) is 24.0 Å². The topological polar surface area (TPSA) is 56.2 Å². The molecule has 0 saturated carbocycles. The molecule has 0 bridgehead atoms. The van der Waals surface area contributed by atoms with Crippen LogP contribution < -0.4 is 5.32 Å². The third-order valence-corrected chi connectivity index (χ3v) is 2.52. The largest absolute Gasteiger partial charge is 0.375 e. The Morgan fingerprint density at radius 1 is 1.80 bits per heavy atom. The van der Waals surface area contributed by atoms with Gasteiger partial charge in [-0.25, -0.2) is 0 Å². The van der Waals surface area contributed by atoms with Gasteiger partial charge < -0.3 is 10.1 Å². The van der Waals surface area contributed by atoms with E-state index >= 15 is 0 Å². The first-order valence-electron chi connectivity index (χ1n) is 5.11. The number of rotatable bonds is 3. The Morgan fingerprint density at radius 3 is 3.27 bits per heavy atom. The number of hydrogen-bond donors (Lipinski definition) is 1. The van der Waals surface area contributed by atoms with Gasteiger partial charge in [0.15, 0.2) is 5.78 Å². The number of aryl methyl sites for hydroxylation is 1. The molecule has 1 unspecified atom stereocenters. The highest BCUT2D eigenvalue weighted by molar-refractivity contribution is 5.94. The Morgan fingerprint density at radius 2 is 2.67 bits per heavy atom. The zero-order valence-electron chi connectivity index (χ0n) is 8.77. The molecule has 1 atom stereocenters. The van der Waals surface area contributed by atoms with Crippen molar-refractivity contribution in [1.29, 1.82) is 0 Å². The van der Waals surface area contributed by atoms with Crippen molar-refractivity contribution in [2.75, 3.05) is 19.7 Å². The average molecular weight is 209 g/mol. The summed E-state index contributed by atoms with van der Waals surface area (Å²) >= 11 is 0. The Hall–Kier alpha value is -1.20. The summed E-state index contributed by atoms with van der Waals surface area (Å²) in [5.41, 5.74) is 0.643. The number of carbonyl (C=O) groups is 1. The fourth-order valence-electron chi connectivity index (χ4n) is 1.71. The number of Topliss-reactive ketones (excluding diaryl/α,β-unsaturated/α-hetero) is 1. The highest BCUT2D eigenvalue weighted by atomic mass is 16.5. The van der Waals surface area contributed by atoms with Gasteiger partial charge in [0, 0.05) is 32.8 Å². The first-order valence-corrected chi connectivity index (χ1v) is 5.11. The van der Waals surface area contributed by atoms with Gasteiger partial charge in [-0.2, -0.15) is 5.10 Å². The second kappa shape index (κ2) is 4.55. The number of ether oxygens (including phenoxy) is 1. The van der Waals surface area contributed by atoms with Crippen molar-refractivity contribution in [2.24, 2.45) is 7.05 Å². The maximum Gasteiger partial charge on any atom is 0.183 e. The second-order valence-corrected chi connectivity index (χ2v) is 3.66. The van der Waals surface area contributed by atoms with Crippen molar-refractivity contribution < 1.29 is 9.53 Å². The molecule has 2 heterocycles. The average Bonchev–Trinajstić information content (AvgIpc) is 2.66. The molecule has 2 rings (SSSR count). The van der Waals surface area contributed by atoms with Crippen molar-refractivity contribution in [3.8, 4) is 0 Å². The summed E-state index contributed by atoms with van der Waals surface area (Å²) in [6, 6.07) is 1.73. The van der Waals surface area contributed by atoms with E-state index in [1.165, 1.54) is 0 Å². The van der Waals surface area contributed by atoms with E-state index in [-0.39, 0.29) is 11.9 Å². The van der Waals surface area contributed by atoms with Crippen LogP contribution in [0.4, 0.5) is 0 Å². The molecule has 0 radical (unpaired) electrons. The van der Waals surface area contributed by atoms with Gasteiger partial charge in [0.2, 0.25) is 0 Å². The smallest absolute Gasteiger partial charge is 0.183 e. The fourth-order valence-corrected chi connectivity index (χ4v) is 1.71. The van der Waals surface area contributed by atoms with Gasteiger partial charge in [-0.3, -0.25) is 9.48 Å². The van der Waals surface area contributed by atoms with Crippen LogP contribution in [0.25, 0.3) is 0 Å². The van der Waals surface area contributed by atoms with Gasteiger partial charge in [0.25, 0.3) is 0 Å². The van der Waals surface area contributed by atoms with Gasteiger partial charge in [-0.15, -0.1) is 0 Å². The van der Waals surface area contributed by atoms with E-state index in [4.69, 9.17) is 4.74 Å². The Balaban J connectivity index is 1.94. The lowest BCUT2D eigenvalue weighted by atomic mass is 10.1. The molecule has 0 aliphatic carbocycles. The van der Waals surface area contributed by atoms with Crippen molar-refractivity contribution in [3.63, 3.8) is 0 Å². The van der Waals surface area contributed by atoms with E-state index in [0.717, 1.165) is 13.1 Å². The van der Waals surface area contributed by atoms with E-state index < -0.39 is 0 Å². The van der Waals surface area contributed by atoms with E-state index in [0.29, 0.717) is 18.7 Å². The lowest BCUT2D eigenvalue weighted by Gasteiger charge is -2.22. The first kappa shape index (κ1) is 10.3. The predicted octanol–water partition coefficient (Wildman–Crippen LogP) is -0.0187. The monoisotopic (exact) mass is 209 g/mol. The molecule has 1 fully saturated rings. The Labute approximate surface area is 88.4 Å². The highest BCUT2D eigenvalue weighted by Gasteiger charge is 2.19. The molecular formula is C10H15N3O2. The van der Waals surface area contributed by atoms with Crippen LogP contribution in [0.5, 0.6) is 0 Å². The number of carbonyl (C=O) groups excluding carboxylic acids is 1. The van der Waals surface area contributed by atoms with Crippen LogP contribution in [0.1, 0.15) is 16.9 Å². The van der Waals surface area contributed by atoms with Gasteiger partial charge in [0.1, 0.15) is 5.69 Å². The fraction of sp³-hybridized carbons (Fsp3) is 0.600. The molecule has 0 aromatic carbocycles. The molecule has 82 valence electrons. The third kappa shape index (κ3) is 2.43. The van der Waals surface area contributed by atoms with E-state index in [2.05, 4.69) is 10.4 Å². The van der Waals surface area contributed by atoms with Crippen LogP contribution >= 0.6 is 0 Å². The second-order valence-electron chi connectivity index (χ2n) is 3.66. The molecule has 1 saturated heterocycles. The summed E-state index contributed by atoms with van der Waals surface area (Å²) in [6.07, 6.45) is 2.06. The minimum Gasteiger partial charge on any atom is -0.375 e. The molecule has 5 nitrogen and oxygen atoms in total. The van der Waals surface area contributed by atoms with Gasteiger partial charge in [-0.05, 0) is 6.07 Å². The van der Waals surface area contributed by atoms with E-state index in [9.17, 15) is 4.79 Å². The zero-order chi connectivity index (χ0) is 10.7. The Kier molecular flexibility index (Phi) is 3.13. The standard InChI is InChI=1S/C10H15N3O2/c1-13-9(2-3-12-13)10(14)6-8-7-11-4-5-15-8/h2-3,8,11H,4-7H2,1H3. The SMILES string of the molecule is Cn1nccc1C(=O)CC1CNCCO1. The van der Waals surface area contributed by atoms with Crippen molar-refractivity contribution in [1.82, 2.24) is 15.1 Å².